The van der Waals surface area contributed by atoms with Gasteiger partial charge in [-0.25, -0.2) is 4.98 Å². The zero-order chi connectivity index (χ0) is 14.9. The number of halogens is 1. The molecule has 0 unspecified atom stereocenters. The molecule has 1 aromatic carbocycles. The Kier molecular flexibility index (Phi) is 4.30. The van der Waals surface area contributed by atoms with Crippen LogP contribution in [0.25, 0.3) is 0 Å². The highest BCUT2D eigenvalue weighted by atomic mass is 79.9. The first kappa shape index (κ1) is 15.2. The van der Waals surface area contributed by atoms with Gasteiger partial charge in [0.25, 0.3) is 0 Å². The minimum absolute atomic E-state index is 0.0119. The highest BCUT2D eigenvalue weighted by molar-refractivity contribution is 9.10. The molecule has 2 rings (SSSR count). The predicted octanol–water partition coefficient (Wildman–Crippen LogP) is 4.21. The van der Waals surface area contributed by atoms with Gasteiger partial charge in [0.05, 0.1) is 12.1 Å². The first-order chi connectivity index (χ1) is 9.25. The molecule has 106 valence electrons. The number of rotatable bonds is 3. The van der Waals surface area contributed by atoms with Crippen molar-refractivity contribution in [1.82, 2.24) is 4.98 Å². The molecule has 0 bridgehead atoms. The lowest BCUT2D eigenvalue weighted by Crippen LogP contribution is -2.12. The second kappa shape index (κ2) is 5.66. The third kappa shape index (κ3) is 3.67. The lowest BCUT2D eigenvalue weighted by Gasteiger charge is -2.14. The number of carbonyl (C=O) groups excluding carboxylic acids is 1. The molecule has 0 aliphatic heterocycles. The van der Waals surface area contributed by atoms with E-state index in [4.69, 9.17) is 5.73 Å². The minimum Gasteiger partial charge on any atom is -0.399 e. The smallest absolute Gasteiger partial charge is 0.169 e. The molecule has 1 aromatic heterocycles. The topological polar surface area (TPSA) is 56.0 Å². The summed E-state index contributed by atoms with van der Waals surface area (Å²) in [6.07, 6.45) is 0.316. The zero-order valence-electron chi connectivity index (χ0n) is 11.7. The summed E-state index contributed by atoms with van der Waals surface area (Å²) in [6, 6.07) is 5.26. The van der Waals surface area contributed by atoms with Crippen LogP contribution in [0.15, 0.2) is 28.1 Å². The summed E-state index contributed by atoms with van der Waals surface area (Å²) < 4.78 is 0.815. The standard InChI is InChI=1S/C15H17BrN2OS/c1-15(2,3)13-8-20-14(18-13)7-12(19)9-4-10(16)6-11(17)5-9/h4-6,8H,7,17H2,1-3H3. The van der Waals surface area contributed by atoms with Crippen LogP contribution < -0.4 is 5.73 Å². The molecule has 0 saturated carbocycles. The van der Waals surface area contributed by atoms with Gasteiger partial charge in [0.2, 0.25) is 0 Å². The lowest BCUT2D eigenvalue weighted by atomic mass is 9.93. The van der Waals surface area contributed by atoms with Gasteiger partial charge in [0.15, 0.2) is 5.78 Å². The summed E-state index contributed by atoms with van der Waals surface area (Å²) in [7, 11) is 0. The maximum absolute atomic E-state index is 12.3. The third-order valence-corrected chi connectivity index (χ3v) is 4.18. The zero-order valence-corrected chi connectivity index (χ0v) is 14.1. The fourth-order valence-electron chi connectivity index (χ4n) is 1.75. The van der Waals surface area contributed by atoms with Crippen LogP contribution in [0.5, 0.6) is 0 Å². The number of nitrogens with zero attached hydrogens (tertiary/aromatic N) is 1. The average molecular weight is 353 g/mol. The van der Waals surface area contributed by atoms with Gasteiger partial charge in [-0.3, -0.25) is 4.79 Å². The van der Waals surface area contributed by atoms with E-state index < -0.39 is 0 Å². The molecular formula is C15H17BrN2OS. The van der Waals surface area contributed by atoms with Gasteiger partial charge in [0.1, 0.15) is 5.01 Å². The number of benzene rings is 1. The number of anilines is 1. The molecule has 20 heavy (non-hydrogen) atoms. The SMILES string of the molecule is CC(C)(C)c1csc(CC(=O)c2cc(N)cc(Br)c2)n1. The van der Waals surface area contributed by atoms with E-state index in [0.717, 1.165) is 15.2 Å². The Bertz CT molecular complexity index is 623. The fraction of sp³-hybridized carbons (Fsp3) is 0.333. The molecule has 0 fully saturated rings. The molecule has 0 amide bonds. The first-order valence-electron chi connectivity index (χ1n) is 6.30. The highest BCUT2D eigenvalue weighted by Gasteiger charge is 2.18. The quantitative estimate of drug-likeness (QED) is 0.664. The van der Waals surface area contributed by atoms with Crippen LogP contribution in [0, 0.1) is 0 Å². The van der Waals surface area contributed by atoms with E-state index in [1.54, 1.807) is 18.2 Å². The normalized spacial score (nSPS) is 11.6. The average Bonchev–Trinajstić information content (AvgIpc) is 2.75. The van der Waals surface area contributed by atoms with E-state index in [9.17, 15) is 4.79 Å². The highest BCUT2D eigenvalue weighted by Crippen LogP contribution is 2.25. The van der Waals surface area contributed by atoms with Crippen molar-refractivity contribution in [2.24, 2.45) is 0 Å². The van der Waals surface area contributed by atoms with Crippen molar-refractivity contribution in [2.75, 3.05) is 5.73 Å². The molecule has 0 saturated heterocycles. The van der Waals surface area contributed by atoms with E-state index in [1.165, 1.54) is 11.3 Å². The Labute approximate surface area is 131 Å². The first-order valence-corrected chi connectivity index (χ1v) is 7.97. The molecule has 0 spiro atoms. The molecule has 3 nitrogen and oxygen atoms in total. The number of carbonyl (C=O) groups is 1. The van der Waals surface area contributed by atoms with Gasteiger partial charge in [0, 0.05) is 26.5 Å². The van der Waals surface area contributed by atoms with Gasteiger partial charge in [-0.2, -0.15) is 0 Å². The summed E-state index contributed by atoms with van der Waals surface area (Å²) in [5.41, 5.74) is 7.99. The molecule has 5 heteroatoms. The van der Waals surface area contributed by atoms with Gasteiger partial charge in [-0.15, -0.1) is 11.3 Å². The van der Waals surface area contributed by atoms with Gasteiger partial charge >= 0.3 is 0 Å². The Morgan fingerprint density at radius 1 is 1.35 bits per heavy atom. The van der Waals surface area contributed by atoms with Crippen molar-refractivity contribution in [1.29, 1.82) is 0 Å². The van der Waals surface area contributed by atoms with Crippen LogP contribution in [0.1, 0.15) is 41.8 Å². The second-order valence-electron chi connectivity index (χ2n) is 5.75. The van der Waals surface area contributed by atoms with E-state index in [2.05, 4.69) is 41.7 Å². The second-order valence-corrected chi connectivity index (χ2v) is 7.61. The predicted molar refractivity (Wildman–Crippen MR) is 87.4 cm³/mol. The van der Waals surface area contributed by atoms with Gasteiger partial charge in [-0.1, -0.05) is 36.7 Å². The summed E-state index contributed by atoms with van der Waals surface area (Å²) in [5, 5.41) is 2.87. The molecular weight excluding hydrogens is 336 g/mol. The number of hydrogen-bond acceptors (Lipinski definition) is 4. The van der Waals surface area contributed by atoms with Crippen LogP contribution in [0.4, 0.5) is 5.69 Å². The number of aromatic nitrogens is 1. The number of hydrogen-bond donors (Lipinski definition) is 1. The third-order valence-electron chi connectivity index (χ3n) is 2.87. The fourth-order valence-corrected chi connectivity index (χ4v) is 3.28. The maximum Gasteiger partial charge on any atom is 0.169 e. The van der Waals surface area contributed by atoms with E-state index >= 15 is 0 Å². The number of ketones is 1. The van der Waals surface area contributed by atoms with Crippen LogP contribution in [-0.2, 0) is 11.8 Å². The van der Waals surface area contributed by atoms with Crippen LogP contribution in [-0.4, -0.2) is 10.8 Å². The summed E-state index contributed by atoms with van der Waals surface area (Å²) in [6.45, 7) is 6.34. The van der Waals surface area contributed by atoms with E-state index in [0.29, 0.717) is 17.7 Å². The Morgan fingerprint density at radius 2 is 2.05 bits per heavy atom. The molecule has 2 N–H and O–H groups in total. The largest absolute Gasteiger partial charge is 0.399 e. The lowest BCUT2D eigenvalue weighted by molar-refractivity contribution is 0.0993. The Morgan fingerprint density at radius 3 is 2.60 bits per heavy atom. The molecule has 0 aliphatic rings. The van der Waals surface area contributed by atoms with Crippen molar-refractivity contribution in [3.05, 3.63) is 44.3 Å². The van der Waals surface area contributed by atoms with E-state index in [-0.39, 0.29) is 11.2 Å². The molecule has 0 aliphatic carbocycles. The summed E-state index contributed by atoms with van der Waals surface area (Å²) >= 11 is 4.88. The molecule has 1 heterocycles. The van der Waals surface area contributed by atoms with Crippen molar-refractivity contribution >= 4 is 38.7 Å². The minimum atomic E-state index is 0.0119. The van der Waals surface area contributed by atoms with Crippen molar-refractivity contribution in [3.8, 4) is 0 Å². The number of thiazole rings is 1. The van der Waals surface area contributed by atoms with Crippen LogP contribution >= 0.6 is 27.3 Å². The molecule has 0 atom stereocenters. The molecule has 0 radical (unpaired) electrons. The number of Topliss-reactive ketones (excluding diaryl/α,β-unsaturated/α-hetero) is 1. The van der Waals surface area contributed by atoms with Gasteiger partial charge in [-0.05, 0) is 18.2 Å². The van der Waals surface area contributed by atoms with Gasteiger partial charge < -0.3 is 5.73 Å². The van der Waals surface area contributed by atoms with Crippen molar-refractivity contribution in [3.63, 3.8) is 0 Å². The Hall–Kier alpha value is -1.20. The monoisotopic (exact) mass is 352 g/mol. The van der Waals surface area contributed by atoms with Crippen molar-refractivity contribution in [2.45, 2.75) is 32.6 Å². The Balaban J connectivity index is 2.17. The maximum atomic E-state index is 12.3. The van der Waals surface area contributed by atoms with Crippen LogP contribution in [0.3, 0.4) is 0 Å². The summed E-state index contributed by atoms with van der Waals surface area (Å²) in [5.74, 6) is 0.0350. The van der Waals surface area contributed by atoms with Crippen LogP contribution in [0.2, 0.25) is 0 Å². The van der Waals surface area contributed by atoms with E-state index in [1.807, 2.05) is 5.38 Å². The molecule has 2 aromatic rings. The van der Waals surface area contributed by atoms with Crippen molar-refractivity contribution < 1.29 is 4.79 Å². The number of nitrogen functional groups attached to an aromatic ring is 1. The summed E-state index contributed by atoms with van der Waals surface area (Å²) in [4.78, 5) is 16.8. The number of nitrogens with two attached hydrogens (primary N) is 1.